The summed E-state index contributed by atoms with van der Waals surface area (Å²) in [5.41, 5.74) is 0.345. The number of halogens is 2. The van der Waals surface area contributed by atoms with Gasteiger partial charge in [-0.25, -0.2) is 8.78 Å². The largest absolute Gasteiger partial charge is 0.361 e. The van der Waals surface area contributed by atoms with Crippen LogP contribution in [0.1, 0.15) is 6.92 Å². The molecule has 16 heavy (non-hydrogen) atoms. The summed E-state index contributed by atoms with van der Waals surface area (Å²) in [7, 11) is 0. The number of aromatic nitrogens is 2. The van der Waals surface area contributed by atoms with Gasteiger partial charge in [-0.1, -0.05) is 0 Å². The average Bonchev–Trinajstić information content (AvgIpc) is 2.65. The molecule has 1 aromatic heterocycles. The van der Waals surface area contributed by atoms with Crippen molar-refractivity contribution in [2.24, 2.45) is 0 Å². The van der Waals surface area contributed by atoms with Crippen molar-refractivity contribution in [3.8, 4) is 11.4 Å². The molecule has 1 aromatic carbocycles. The predicted octanol–water partition coefficient (Wildman–Crippen LogP) is 2.92. The Morgan fingerprint density at radius 3 is 2.56 bits per heavy atom. The molecule has 0 radical (unpaired) electrons. The highest BCUT2D eigenvalue weighted by Gasteiger charge is 2.08. The van der Waals surface area contributed by atoms with Gasteiger partial charge >= 0.3 is 0 Å². The van der Waals surface area contributed by atoms with Crippen LogP contribution in [-0.2, 0) is 0 Å². The second-order valence-electron chi connectivity index (χ2n) is 3.11. The molecular formula is C10H9F2N3S. The highest BCUT2D eigenvalue weighted by atomic mass is 32.1. The van der Waals surface area contributed by atoms with Gasteiger partial charge in [-0.3, -0.25) is 0 Å². The van der Waals surface area contributed by atoms with Gasteiger partial charge in [-0.15, -0.1) is 0 Å². The van der Waals surface area contributed by atoms with E-state index in [0.29, 0.717) is 16.5 Å². The fourth-order valence-corrected chi connectivity index (χ4v) is 1.90. The van der Waals surface area contributed by atoms with E-state index in [4.69, 9.17) is 0 Å². The second-order valence-corrected chi connectivity index (χ2v) is 3.86. The van der Waals surface area contributed by atoms with Gasteiger partial charge in [0.2, 0.25) is 5.13 Å². The van der Waals surface area contributed by atoms with Gasteiger partial charge < -0.3 is 5.32 Å². The Kier molecular flexibility index (Phi) is 3.09. The zero-order chi connectivity index (χ0) is 11.5. The molecule has 1 heterocycles. The summed E-state index contributed by atoms with van der Waals surface area (Å²) in [6.45, 7) is 2.66. The first kappa shape index (κ1) is 10.9. The van der Waals surface area contributed by atoms with Gasteiger partial charge in [0, 0.05) is 29.7 Å². The van der Waals surface area contributed by atoms with Gasteiger partial charge in [0.15, 0.2) is 5.82 Å². The second kappa shape index (κ2) is 4.52. The fourth-order valence-electron chi connectivity index (χ4n) is 1.25. The van der Waals surface area contributed by atoms with Gasteiger partial charge in [-0.05, 0) is 19.1 Å². The molecule has 0 bridgehead atoms. The maximum Gasteiger partial charge on any atom is 0.202 e. The molecule has 0 unspecified atom stereocenters. The molecule has 6 heteroatoms. The summed E-state index contributed by atoms with van der Waals surface area (Å²) in [6.07, 6.45) is 0. The Bertz CT molecular complexity index is 478. The average molecular weight is 241 g/mol. The zero-order valence-electron chi connectivity index (χ0n) is 8.50. The van der Waals surface area contributed by atoms with E-state index in [2.05, 4.69) is 14.7 Å². The molecule has 84 valence electrons. The summed E-state index contributed by atoms with van der Waals surface area (Å²) in [5, 5.41) is 3.63. The molecule has 0 amide bonds. The van der Waals surface area contributed by atoms with Crippen molar-refractivity contribution >= 4 is 16.7 Å². The number of nitrogens with one attached hydrogen (secondary N) is 1. The van der Waals surface area contributed by atoms with Crippen molar-refractivity contribution in [1.29, 1.82) is 0 Å². The number of hydrogen-bond acceptors (Lipinski definition) is 4. The fraction of sp³-hybridized carbons (Fsp3) is 0.200. The van der Waals surface area contributed by atoms with E-state index >= 15 is 0 Å². The predicted molar refractivity (Wildman–Crippen MR) is 59.4 cm³/mol. The lowest BCUT2D eigenvalue weighted by Crippen LogP contribution is -1.95. The molecule has 0 aliphatic heterocycles. The van der Waals surface area contributed by atoms with E-state index in [9.17, 15) is 8.78 Å². The summed E-state index contributed by atoms with van der Waals surface area (Å²) >= 11 is 1.16. The number of nitrogens with zero attached hydrogens (tertiary/aromatic N) is 2. The van der Waals surface area contributed by atoms with E-state index in [1.807, 2.05) is 6.92 Å². The summed E-state index contributed by atoms with van der Waals surface area (Å²) < 4.78 is 29.9. The van der Waals surface area contributed by atoms with Crippen LogP contribution in [0, 0.1) is 11.6 Å². The summed E-state index contributed by atoms with van der Waals surface area (Å²) in [5.74, 6) is -0.927. The van der Waals surface area contributed by atoms with E-state index in [0.717, 1.165) is 24.1 Å². The molecule has 0 spiro atoms. The number of benzene rings is 1. The number of rotatable bonds is 3. The summed E-state index contributed by atoms with van der Waals surface area (Å²) in [4.78, 5) is 4.12. The van der Waals surface area contributed by atoms with Crippen molar-refractivity contribution < 1.29 is 8.78 Å². The molecule has 0 saturated carbocycles. The third-order valence-electron chi connectivity index (χ3n) is 1.87. The molecule has 2 rings (SSSR count). The van der Waals surface area contributed by atoms with Gasteiger partial charge in [0.25, 0.3) is 0 Å². The minimum Gasteiger partial charge on any atom is -0.361 e. The van der Waals surface area contributed by atoms with Gasteiger partial charge in [0.05, 0.1) is 0 Å². The van der Waals surface area contributed by atoms with Crippen LogP contribution in [-0.4, -0.2) is 15.9 Å². The molecule has 0 atom stereocenters. The lowest BCUT2D eigenvalue weighted by atomic mass is 10.2. The number of anilines is 1. The van der Waals surface area contributed by atoms with E-state index in [1.165, 1.54) is 12.1 Å². The van der Waals surface area contributed by atoms with Crippen molar-refractivity contribution in [1.82, 2.24) is 9.36 Å². The molecule has 1 N–H and O–H groups in total. The molecule has 0 fully saturated rings. The van der Waals surface area contributed by atoms with Crippen LogP contribution in [0.25, 0.3) is 11.4 Å². The lowest BCUT2D eigenvalue weighted by molar-refractivity contribution is 0.584. The van der Waals surface area contributed by atoms with Crippen LogP contribution in [0.2, 0.25) is 0 Å². The molecule has 0 saturated heterocycles. The van der Waals surface area contributed by atoms with E-state index in [1.54, 1.807) is 0 Å². The molecule has 3 nitrogen and oxygen atoms in total. The van der Waals surface area contributed by atoms with Crippen LogP contribution in [0.3, 0.4) is 0 Å². The molecule has 0 aliphatic carbocycles. The van der Waals surface area contributed by atoms with E-state index in [-0.39, 0.29) is 0 Å². The summed E-state index contributed by atoms with van der Waals surface area (Å²) in [6, 6.07) is 3.24. The first-order valence-electron chi connectivity index (χ1n) is 4.73. The third-order valence-corrected chi connectivity index (χ3v) is 2.55. The minimum atomic E-state index is -0.630. The molecule has 0 aliphatic rings. The van der Waals surface area contributed by atoms with Crippen molar-refractivity contribution in [3.05, 3.63) is 29.8 Å². The Hall–Kier alpha value is -1.56. The van der Waals surface area contributed by atoms with Gasteiger partial charge in [0.1, 0.15) is 11.6 Å². The zero-order valence-corrected chi connectivity index (χ0v) is 9.31. The highest BCUT2D eigenvalue weighted by molar-refractivity contribution is 7.09. The first-order chi connectivity index (χ1) is 7.69. The maximum absolute atomic E-state index is 13.0. The first-order valence-corrected chi connectivity index (χ1v) is 5.50. The normalized spacial score (nSPS) is 10.4. The highest BCUT2D eigenvalue weighted by Crippen LogP contribution is 2.22. The van der Waals surface area contributed by atoms with Crippen LogP contribution in [0.5, 0.6) is 0 Å². The monoisotopic (exact) mass is 241 g/mol. The maximum atomic E-state index is 13.0. The van der Waals surface area contributed by atoms with Crippen LogP contribution in [0.4, 0.5) is 13.9 Å². The van der Waals surface area contributed by atoms with Crippen molar-refractivity contribution in [3.63, 3.8) is 0 Å². The Morgan fingerprint density at radius 2 is 1.94 bits per heavy atom. The Labute approximate surface area is 95.3 Å². The van der Waals surface area contributed by atoms with Crippen LogP contribution >= 0.6 is 11.5 Å². The van der Waals surface area contributed by atoms with E-state index < -0.39 is 11.6 Å². The SMILES string of the molecule is CCNc1nc(-c2cc(F)cc(F)c2)ns1. The van der Waals surface area contributed by atoms with Crippen molar-refractivity contribution in [2.75, 3.05) is 11.9 Å². The van der Waals surface area contributed by atoms with Crippen LogP contribution < -0.4 is 5.32 Å². The third kappa shape index (κ3) is 2.33. The minimum absolute atomic E-state index is 0.333. The van der Waals surface area contributed by atoms with Gasteiger partial charge in [-0.2, -0.15) is 9.36 Å². The molecule has 2 aromatic rings. The van der Waals surface area contributed by atoms with Crippen LogP contribution in [0.15, 0.2) is 18.2 Å². The lowest BCUT2D eigenvalue weighted by Gasteiger charge is -1.96. The quantitative estimate of drug-likeness (QED) is 0.897. The standard InChI is InChI=1S/C10H9F2N3S/c1-2-13-10-14-9(15-16-10)6-3-7(11)5-8(12)4-6/h3-5H,2H2,1H3,(H,13,14,15). The Balaban J connectivity index is 2.34. The Morgan fingerprint density at radius 1 is 1.25 bits per heavy atom. The van der Waals surface area contributed by atoms with Crippen molar-refractivity contribution in [2.45, 2.75) is 6.92 Å². The number of hydrogen-bond donors (Lipinski definition) is 1. The smallest absolute Gasteiger partial charge is 0.202 e. The topological polar surface area (TPSA) is 37.8 Å². The molecular weight excluding hydrogens is 232 g/mol.